The summed E-state index contributed by atoms with van der Waals surface area (Å²) in [5, 5.41) is 12.9. The van der Waals surface area contributed by atoms with Crippen molar-refractivity contribution in [2.75, 3.05) is 12.4 Å². The number of ether oxygens (including phenoxy) is 1. The van der Waals surface area contributed by atoms with Crippen LogP contribution in [0.1, 0.15) is 13.3 Å². The largest absolute Gasteiger partial charge is 0.483 e. The van der Waals surface area contributed by atoms with Crippen LogP contribution >= 0.6 is 11.8 Å². The molecule has 30 heavy (non-hydrogen) atoms. The molecule has 0 bridgehead atoms. The number of benzene rings is 2. The normalized spacial score (nSPS) is 19.3. The molecular weight excluding hydrogens is 408 g/mol. The molecule has 2 amide bonds. The molecule has 3 rings (SSSR count). The van der Waals surface area contributed by atoms with Crippen LogP contribution in [0.2, 0.25) is 0 Å². The molecule has 1 fully saturated rings. The lowest BCUT2D eigenvalue weighted by molar-refractivity contribution is -0.142. The fraction of sp³-hybridized carbons (Fsp3) is 0.333. The Balaban J connectivity index is 1.68. The van der Waals surface area contributed by atoms with Gasteiger partial charge in [0.05, 0.1) is 17.8 Å². The van der Waals surface area contributed by atoms with Crippen molar-refractivity contribution in [1.29, 1.82) is 0 Å². The molecular formula is C21H22N2O6S. The van der Waals surface area contributed by atoms with Gasteiger partial charge in [0.25, 0.3) is 5.91 Å². The number of amides is 2. The maximum atomic E-state index is 12.9. The smallest absolute Gasteiger partial charge is 0.305 e. The first-order chi connectivity index (χ1) is 14.4. The lowest BCUT2D eigenvalue weighted by atomic mass is 10.1. The third kappa shape index (κ3) is 4.91. The third-order valence-electron chi connectivity index (χ3n) is 4.80. The first-order valence-corrected chi connectivity index (χ1v) is 10.5. The van der Waals surface area contributed by atoms with Gasteiger partial charge in [-0.05, 0) is 18.4 Å². The molecule has 0 aromatic heterocycles. The van der Waals surface area contributed by atoms with Crippen LogP contribution in [-0.4, -0.2) is 63.9 Å². The Kier molecular flexibility index (Phi) is 6.94. The van der Waals surface area contributed by atoms with E-state index in [1.165, 1.54) is 16.7 Å². The second kappa shape index (κ2) is 9.62. The highest BCUT2D eigenvalue weighted by Crippen LogP contribution is 2.30. The van der Waals surface area contributed by atoms with Crippen molar-refractivity contribution in [2.24, 2.45) is 0 Å². The minimum Gasteiger partial charge on any atom is -0.483 e. The van der Waals surface area contributed by atoms with Crippen molar-refractivity contribution in [3.63, 3.8) is 0 Å². The van der Waals surface area contributed by atoms with Gasteiger partial charge in [0.1, 0.15) is 18.1 Å². The van der Waals surface area contributed by atoms with Crippen molar-refractivity contribution >= 4 is 46.6 Å². The summed E-state index contributed by atoms with van der Waals surface area (Å²) in [6, 6.07) is 11.3. The van der Waals surface area contributed by atoms with E-state index >= 15 is 0 Å². The number of aldehydes is 1. The van der Waals surface area contributed by atoms with Gasteiger partial charge in [0.2, 0.25) is 5.91 Å². The highest BCUT2D eigenvalue weighted by atomic mass is 32.2. The van der Waals surface area contributed by atoms with Crippen LogP contribution in [0.15, 0.2) is 42.5 Å². The molecule has 2 aromatic carbocycles. The van der Waals surface area contributed by atoms with Crippen LogP contribution in [-0.2, 0) is 19.2 Å². The Morgan fingerprint density at radius 2 is 2.00 bits per heavy atom. The minimum absolute atomic E-state index is 0.241. The number of nitrogens with zero attached hydrogens (tertiary/aromatic N) is 1. The predicted molar refractivity (Wildman–Crippen MR) is 112 cm³/mol. The molecule has 9 heteroatoms. The van der Waals surface area contributed by atoms with Gasteiger partial charge >= 0.3 is 5.97 Å². The number of hydrogen-bond donors (Lipinski definition) is 2. The van der Waals surface area contributed by atoms with Crippen molar-refractivity contribution in [3.05, 3.63) is 42.5 Å². The lowest BCUT2D eigenvalue weighted by Crippen LogP contribution is -2.53. The summed E-state index contributed by atoms with van der Waals surface area (Å²) in [5.41, 5.74) is 0. The molecule has 158 valence electrons. The van der Waals surface area contributed by atoms with Crippen molar-refractivity contribution in [1.82, 2.24) is 10.2 Å². The summed E-state index contributed by atoms with van der Waals surface area (Å²) in [7, 11) is 0. The first kappa shape index (κ1) is 21.6. The molecule has 2 aromatic rings. The Morgan fingerprint density at radius 1 is 1.27 bits per heavy atom. The number of carbonyl (C=O) groups excluding carboxylic acids is 3. The number of rotatable bonds is 8. The lowest BCUT2D eigenvalue weighted by Gasteiger charge is -2.27. The van der Waals surface area contributed by atoms with Crippen LogP contribution in [0.25, 0.3) is 10.8 Å². The highest BCUT2D eigenvalue weighted by molar-refractivity contribution is 8.00. The van der Waals surface area contributed by atoms with E-state index in [0.29, 0.717) is 17.8 Å². The van der Waals surface area contributed by atoms with E-state index in [9.17, 15) is 19.2 Å². The average molecular weight is 430 g/mol. The van der Waals surface area contributed by atoms with Gasteiger partial charge in [-0.15, -0.1) is 11.8 Å². The number of carboxylic acids is 1. The van der Waals surface area contributed by atoms with E-state index in [1.54, 1.807) is 6.07 Å². The zero-order chi connectivity index (χ0) is 21.7. The summed E-state index contributed by atoms with van der Waals surface area (Å²) in [5.74, 6) is -1.18. The number of hydrogen-bond acceptors (Lipinski definition) is 6. The maximum absolute atomic E-state index is 12.9. The Labute approximate surface area is 177 Å². The molecule has 1 aliphatic rings. The van der Waals surface area contributed by atoms with E-state index in [0.717, 1.165) is 10.8 Å². The Hall–Kier alpha value is -3.07. The number of carbonyl (C=O) groups is 4. The highest BCUT2D eigenvalue weighted by Gasteiger charge is 2.40. The molecule has 2 unspecified atom stereocenters. The zero-order valence-electron chi connectivity index (χ0n) is 16.3. The molecule has 0 spiro atoms. The van der Waals surface area contributed by atoms with Gasteiger partial charge in [-0.1, -0.05) is 36.4 Å². The molecule has 1 aliphatic heterocycles. The molecule has 1 saturated heterocycles. The van der Waals surface area contributed by atoms with Crippen LogP contribution < -0.4 is 10.1 Å². The van der Waals surface area contributed by atoms with Crippen molar-refractivity contribution < 1.29 is 29.0 Å². The van der Waals surface area contributed by atoms with Crippen LogP contribution in [0.5, 0.6) is 5.75 Å². The van der Waals surface area contributed by atoms with Crippen LogP contribution in [0.4, 0.5) is 0 Å². The molecule has 0 radical (unpaired) electrons. The number of fused-ring (bicyclic) bond motifs is 1. The van der Waals surface area contributed by atoms with Gasteiger partial charge in [-0.2, -0.15) is 0 Å². The van der Waals surface area contributed by atoms with E-state index in [-0.39, 0.29) is 17.9 Å². The standard InChI is InChI=1S/C21H22N2O6S/c1-13-23(17(12-30-13)21(28)22-15(10-24)9-20(26)27)19(25)11-29-18-8-4-6-14-5-2-3-7-16(14)18/h2-8,10,13,15,17H,9,11-12H2,1H3,(H,22,28)(H,26,27)/t13?,15-,17?/m0/s1. The number of carboxylic acid groups (broad SMARTS) is 1. The quantitative estimate of drug-likeness (QED) is 0.613. The predicted octanol–water partition coefficient (Wildman–Crippen LogP) is 1.67. The number of thioether (sulfide) groups is 1. The summed E-state index contributed by atoms with van der Waals surface area (Å²) >= 11 is 1.43. The molecule has 3 atom stereocenters. The fourth-order valence-electron chi connectivity index (χ4n) is 3.36. The van der Waals surface area contributed by atoms with E-state index in [2.05, 4.69) is 5.32 Å². The summed E-state index contributed by atoms with van der Waals surface area (Å²) in [6.45, 7) is 1.57. The summed E-state index contributed by atoms with van der Waals surface area (Å²) in [6.07, 6.45) is -0.129. The van der Waals surface area contributed by atoms with Gasteiger partial charge in [0, 0.05) is 11.1 Å². The van der Waals surface area contributed by atoms with Crippen molar-refractivity contribution in [3.8, 4) is 5.75 Å². The van der Waals surface area contributed by atoms with Crippen molar-refractivity contribution in [2.45, 2.75) is 30.8 Å². The summed E-state index contributed by atoms with van der Waals surface area (Å²) in [4.78, 5) is 48.7. The molecule has 0 aliphatic carbocycles. The maximum Gasteiger partial charge on any atom is 0.305 e. The number of nitrogens with one attached hydrogen (secondary N) is 1. The second-order valence-electron chi connectivity index (χ2n) is 6.86. The monoisotopic (exact) mass is 430 g/mol. The molecule has 1 heterocycles. The minimum atomic E-state index is -1.20. The van der Waals surface area contributed by atoms with E-state index in [1.807, 2.05) is 43.3 Å². The van der Waals surface area contributed by atoms with Crippen LogP contribution in [0, 0.1) is 0 Å². The van der Waals surface area contributed by atoms with E-state index in [4.69, 9.17) is 9.84 Å². The van der Waals surface area contributed by atoms with Gasteiger partial charge < -0.3 is 24.9 Å². The summed E-state index contributed by atoms with van der Waals surface area (Å²) < 4.78 is 5.76. The Bertz CT molecular complexity index is 960. The van der Waals surface area contributed by atoms with Crippen LogP contribution in [0.3, 0.4) is 0 Å². The fourth-order valence-corrected chi connectivity index (χ4v) is 4.56. The second-order valence-corrected chi connectivity index (χ2v) is 8.21. The molecule has 0 saturated carbocycles. The SMILES string of the molecule is CC1SCC(C(=O)N[C@H](C=O)CC(=O)O)N1C(=O)COc1cccc2ccccc12. The van der Waals surface area contributed by atoms with Gasteiger partial charge in [0.15, 0.2) is 6.61 Å². The average Bonchev–Trinajstić information content (AvgIpc) is 3.12. The topological polar surface area (TPSA) is 113 Å². The molecule has 8 nitrogen and oxygen atoms in total. The first-order valence-electron chi connectivity index (χ1n) is 9.41. The van der Waals surface area contributed by atoms with E-state index < -0.39 is 30.4 Å². The van der Waals surface area contributed by atoms with Gasteiger partial charge in [-0.25, -0.2) is 0 Å². The molecule has 2 N–H and O–H groups in total. The zero-order valence-corrected chi connectivity index (χ0v) is 17.1. The number of aliphatic carboxylic acids is 1. The van der Waals surface area contributed by atoms with Gasteiger partial charge in [-0.3, -0.25) is 14.4 Å². The third-order valence-corrected chi connectivity index (χ3v) is 6.02. The Morgan fingerprint density at radius 3 is 2.73 bits per heavy atom.